The SMILES string of the molecule is COC(=O)/C(O)=C(/N=Nc1ccccc1)C(C)=O. The topological polar surface area (TPSA) is 88.3 Å². The van der Waals surface area contributed by atoms with Crippen molar-refractivity contribution in [3.8, 4) is 0 Å². The molecule has 0 aliphatic carbocycles. The monoisotopic (exact) mass is 248 g/mol. The molecule has 0 aliphatic rings. The summed E-state index contributed by atoms with van der Waals surface area (Å²) in [6.45, 7) is 1.17. The maximum Gasteiger partial charge on any atom is 0.375 e. The standard InChI is InChI=1S/C12H12N2O4/c1-8(15)10(11(16)12(17)18-2)14-13-9-6-4-3-5-7-9/h3-7,16H,1-2H3/b11-10-,14-13?. The Hall–Kier alpha value is -2.50. The van der Waals surface area contributed by atoms with E-state index in [1.54, 1.807) is 30.3 Å². The Kier molecular flexibility index (Phi) is 4.74. The van der Waals surface area contributed by atoms with Crippen LogP contribution in [0, 0.1) is 0 Å². The van der Waals surface area contributed by atoms with Gasteiger partial charge in [0.05, 0.1) is 12.8 Å². The number of carbonyl (C=O) groups is 2. The molecule has 1 aromatic carbocycles. The highest BCUT2D eigenvalue weighted by molar-refractivity contribution is 6.00. The van der Waals surface area contributed by atoms with Crippen LogP contribution < -0.4 is 0 Å². The maximum absolute atomic E-state index is 11.2. The smallest absolute Gasteiger partial charge is 0.375 e. The molecule has 94 valence electrons. The number of allylic oxidation sites excluding steroid dienone is 1. The molecule has 6 nitrogen and oxygen atoms in total. The van der Waals surface area contributed by atoms with E-state index in [1.807, 2.05) is 0 Å². The lowest BCUT2D eigenvalue weighted by Gasteiger charge is -2.00. The second kappa shape index (κ2) is 6.29. The molecule has 1 rings (SSSR count). The molecule has 0 saturated carbocycles. The van der Waals surface area contributed by atoms with Crippen LogP contribution in [0.3, 0.4) is 0 Å². The molecular formula is C12H12N2O4. The van der Waals surface area contributed by atoms with E-state index in [0.29, 0.717) is 5.69 Å². The highest BCUT2D eigenvalue weighted by Gasteiger charge is 2.18. The third-order valence-corrected chi connectivity index (χ3v) is 1.96. The zero-order valence-corrected chi connectivity index (χ0v) is 9.95. The van der Waals surface area contributed by atoms with Gasteiger partial charge in [0.15, 0.2) is 11.5 Å². The first-order chi connectivity index (χ1) is 8.56. The molecule has 0 saturated heterocycles. The highest BCUT2D eigenvalue weighted by atomic mass is 16.5. The van der Waals surface area contributed by atoms with Crippen molar-refractivity contribution in [2.75, 3.05) is 7.11 Å². The Balaban J connectivity index is 3.06. The van der Waals surface area contributed by atoms with Crippen LogP contribution in [0.2, 0.25) is 0 Å². The van der Waals surface area contributed by atoms with Gasteiger partial charge in [-0.05, 0) is 12.1 Å². The summed E-state index contributed by atoms with van der Waals surface area (Å²) >= 11 is 0. The molecule has 0 amide bonds. The third kappa shape index (κ3) is 3.51. The van der Waals surface area contributed by atoms with E-state index < -0.39 is 23.2 Å². The van der Waals surface area contributed by atoms with Crippen molar-refractivity contribution < 1.29 is 19.4 Å². The molecule has 0 radical (unpaired) electrons. The largest absolute Gasteiger partial charge is 0.500 e. The van der Waals surface area contributed by atoms with Gasteiger partial charge >= 0.3 is 5.97 Å². The number of methoxy groups -OCH3 is 1. The Morgan fingerprint density at radius 2 is 1.83 bits per heavy atom. The summed E-state index contributed by atoms with van der Waals surface area (Å²) in [7, 11) is 1.09. The van der Waals surface area contributed by atoms with Gasteiger partial charge in [-0.2, -0.15) is 5.11 Å². The van der Waals surface area contributed by atoms with Crippen molar-refractivity contribution in [3.05, 3.63) is 41.8 Å². The predicted molar refractivity (Wildman–Crippen MR) is 63.3 cm³/mol. The zero-order chi connectivity index (χ0) is 13.5. The molecule has 18 heavy (non-hydrogen) atoms. The molecule has 0 bridgehead atoms. The molecular weight excluding hydrogens is 236 g/mol. The number of benzene rings is 1. The first-order valence-electron chi connectivity index (χ1n) is 5.05. The minimum atomic E-state index is -1.03. The van der Waals surface area contributed by atoms with Gasteiger partial charge in [0.25, 0.3) is 0 Å². The number of hydrogen-bond donors (Lipinski definition) is 1. The summed E-state index contributed by atoms with van der Waals surface area (Å²) in [5, 5.41) is 16.8. The van der Waals surface area contributed by atoms with Crippen LogP contribution in [0.4, 0.5) is 5.69 Å². The number of esters is 1. The second-order valence-corrected chi connectivity index (χ2v) is 3.28. The maximum atomic E-state index is 11.2. The van der Waals surface area contributed by atoms with Gasteiger partial charge in [-0.1, -0.05) is 18.2 Å². The van der Waals surface area contributed by atoms with Crippen molar-refractivity contribution in [1.29, 1.82) is 0 Å². The van der Waals surface area contributed by atoms with Crippen molar-refractivity contribution in [2.24, 2.45) is 10.2 Å². The number of ether oxygens (including phenoxy) is 1. The molecule has 0 spiro atoms. The van der Waals surface area contributed by atoms with Crippen LogP contribution in [0.15, 0.2) is 52.0 Å². The second-order valence-electron chi connectivity index (χ2n) is 3.28. The Morgan fingerprint density at radius 3 is 2.33 bits per heavy atom. The molecule has 1 N–H and O–H groups in total. The van der Waals surface area contributed by atoms with Crippen molar-refractivity contribution in [3.63, 3.8) is 0 Å². The van der Waals surface area contributed by atoms with Gasteiger partial charge in [0, 0.05) is 6.92 Å². The number of Topliss-reactive ketones (excluding diaryl/α,β-unsaturated/α-hetero) is 1. The Labute approximate surface area is 104 Å². The van der Waals surface area contributed by atoms with E-state index in [2.05, 4.69) is 15.0 Å². The van der Waals surface area contributed by atoms with E-state index in [0.717, 1.165) is 7.11 Å². The van der Waals surface area contributed by atoms with Gasteiger partial charge in [-0.3, -0.25) is 4.79 Å². The predicted octanol–water partition coefficient (Wildman–Crippen LogP) is 2.30. The summed E-state index contributed by atoms with van der Waals surface area (Å²) in [5.41, 5.74) is 0.0552. The molecule has 1 aromatic rings. The summed E-state index contributed by atoms with van der Waals surface area (Å²) in [6.07, 6.45) is 0. The van der Waals surface area contributed by atoms with Gasteiger partial charge in [0.2, 0.25) is 5.76 Å². The van der Waals surface area contributed by atoms with E-state index in [4.69, 9.17) is 0 Å². The Bertz CT molecular complexity index is 506. The van der Waals surface area contributed by atoms with Crippen molar-refractivity contribution in [2.45, 2.75) is 6.92 Å². The van der Waals surface area contributed by atoms with E-state index in [-0.39, 0.29) is 0 Å². The van der Waals surface area contributed by atoms with Gasteiger partial charge < -0.3 is 9.84 Å². The third-order valence-electron chi connectivity index (χ3n) is 1.96. The summed E-state index contributed by atoms with van der Waals surface area (Å²) in [5.74, 6) is -2.48. The molecule has 0 heterocycles. The number of aliphatic hydroxyl groups is 1. The van der Waals surface area contributed by atoms with Crippen LogP contribution >= 0.6 is 0 Å². The van der Waals surface area contributed by atoms with Crippen molar-refractivity contribution >= 4 is 17.4 Å². The average molecular weight is 248 g/mol. The minimum absolute atomic E-state index is 0.439. The lowest BCUT2D eigenvalue weighted by molar-refractivity contribution is -0.139. The molecule has 6 heteroatoms. The highest BCUT2D eigenvalue weighted by Crippen LogP contribution is 2.14. The minimum Gasteiger partial charge on any atom is -0.500 e. The number of azo groups is 1. The number of aliphatic hydroxyl groups excluding tert-OH is 1. The summed E-state index contributed by atoms with van der Waals surface area (Å²) in [4.78, 5) is 22.3. The normalized spacial score (nSPS) is 12.1. The molecule has 0 aromatic heterocycles. The number of nitrogens with zero attached hydrogens (tertiary/aromatic N) is 2. The zero-order valence-electron chi connectivity index (χ0n) is 9.95. The number of rotatable bonds is 4. The fourth-order valence-corrected chi connectivity index (χ4v) is 1.08. The molecule has 0 aliphatic heterocycles. The van der Waals surface area contributed by atoms with Gasteiger partial charge in [-0.15, -0.1) is 5.11 Å². The lowest BCUT2D eigenvalue weighted by atomic mass is 10.3. The van der Waals surface area contributed by atoms with Crippen LogP contribution in [0.5, 0.6) is 0 Å². The van der Waals surface area contributed by atoms with Crippen LogP contribution in [0.1, 0.15) is 6.92 Å². The number of carbonyl (C=O) groups excluding carboxylic acids is 2. The first kappa shape index (κ1) is 13.6. The molecule has 0 fully saturated rings. The van der Waals surface area contributed by atoms with Crippen LogP contribution in [-0.2, 0) is 14.3 Å². The van der Waals surface area contributed by atoms with E-state index in [1.165, 1.54) is 6.92 Å². The van der Waals surface area contributed by atoms with Crippen LogP contribution in [0.25, 0.3) is 0 Å². The fourth-order valence-electron chi connectivity index (χ4n) is 1.08. The molecule has 0 atom stereocenters. The number of hydrogen-bond acceptors (Lipinski definition) is 6. The molecule has 0 unspecified atom stereocenters. The lowest BCUT2D eigenvalue weighted by Crippen LogP contribution is -2.10. The van der Waals surface area contributed by atoms with Crippen LogP contribution in [-0.4, -0.2) is 24.0 Å². The van der Waals surface area contributed by atoms with E-state index >= 15 is 0 Å². The van der Waals surface area contributed by atoms with Gasteiger partial charge in [-0.25, -0.2) is 4.79 Å². The Morgan fingerprint density at radius 1 is 1.22 bits per heavy atom. The van der Waals surface area contributed by atoms with Gasteiger partial charge in [0.1, 0.15) is 0 Å². The summed E-state index contributed by atoms with van der Waals surface area (Å²) in [6, 6.07) is 8.61. The quantitative estimate of drug-likeness (QED) is 0.383. The first-order valence-corrected chi connectivity index (χ1v) is 5.05. The fraction of sp³-hybridized carbons (Fsp3) is 0.167. The van der Waals surface area contributed by atoms with E-state index in [9.17, 15) is 14.7 Å². The summed E-state index contributed by atoms with van der Waals surface area (Å²) < 4.78 is 4.29. The average Bonchev–Trinajstić information content (AvgIpc) is 2.38. The van der Waals surface area contributed by atoms with Crippen molar-refractivity contribution in [1.82, 2.24) is 0 Å². The number of ketones is 1.